The normalized spacial score (nSPS) is 12.0. The van der Waals surface area contributed by atoms with Crippen molar-refractivity contribution in [2.75, 3.05) is 20.8 Å². The maximum absolute atomic E-state index is 13.3. The SMILES string of the molecule is CNC(=O)CCCOc1ccc(COC(=O)C(Cc2ccc(-c3ccccc3)cc2)SC(=O)C(C)NC(C)=O)c(OC)c1. The molecule has 3 aromatic carbocycles. The van der Waals surface area contributed by atoms with Gasteiger partial charge in [0.1, 0.15) is 23.4 Å². The van der Waals surface area contributed by atoms with E-state index in [1.54, 1.807) is 32.2 Å². The average Bonchev–Trinajstić information content (AvgIpc) is 3.02. The van der Waals surface area contributed by atoms with Crippen LogP contribution >= 0.6 is 11.8 Å². The van der Waals surface area contributed by atoms with Crippen molar-refractivity contribution < 1.29 is 33.4 Å². The van der Waals surface area contributed by atoms with E-state index in [0.29, 0.717) is 36.5 Å². The number of hydrogen-bond acceptors (Lipinski definition) is 8. The molecule has 0 bridgehead atoms. The number of amides is 2. The van der Waals surface area contributed by atoms with Crippen molar-refractivity contribution >= 4 is 34.7 Å². The summed E-state index contributed by atoms with van der Waals surface area (Å²) < 4.78 is 16.9. The minimum atomic E-state index is -0.833. The molecule has 0 radical (unpaired) electrons. The molecule has 2 atom stereocenters. The van der Waals surface area contributed by atoms with E-state index < -0.39 is 17.3 Å². The van der Waals surface area contributed by atoms with Crippen LogP contribution in [0.15, 0.2) is 72.8 Å². The fourth-order valence-corrected chi connectivity index (χ4v) is 5.16. The molecule has 3 rings (SSSR count). The molecule has 2 unspecified atom stereocenters. The molecule has 43 heavy (non-hydrogen) atoms. The molecular formula is C33H38N2O7S. The minimum absolute atomic E-state index is 0.0507. The van der Waals surface area contributed by atoms with Gasteiger partial charge < -0.3 is 24.8 Å². The van der Waals surface area contributed by atoms with Gasteiger partial charge in [-0.25, -0.2) is 0 Å². The van der Waals surface area contributed by atoms with Crippen LogP contribution in [-0.4, -0.2) is 55.0 Å². The second kappa shape index (κ2) is 17.0. The van der Waals surface area contributed by atoms with E-state index >= 15 is 0 Å². The summed E-state index contributed by atoms with van der Waals surface area (Å²) >= 11 is 0.853. The quantitative estimate of drug-likeness (QED) is 0.189. The number of nitrogens with one attached hydrogen (secondary N) is 2. The third-order valence-corrected chi connectivity index (χ3v) is 7.73. The molecule has 0 aromatic heterocycles. The molecule has 0 saturated heterocycles. The average molecular weight is 607 g/mol. The lowest BCUT2D eigenvalue weighted by Gasteiger charge is -2.19. The second-order valence-electron chi connectivity index (χ2n) is 9.82. The van der Waals surface area contributed by atoms with E-state index in [0.717, 1.165) is 28.5 Å². The van der Waals surface area contributed by atoms with E-state index in [-0.39, 0.29) is 30.0 Å². The highest BCUT2D eigenvalue weighted by atomic mass is 32.2. The van der Waals surface area contributed by atoms with E-state index in [1.165, 1.54) is 14.0 Å². The Morgan fingerprint density at radius 3 is 2.28 bits per heavy atom. The van der Waals surface area contributed by atoms with Crippen molar-refractivity contribution in [3.05, 3.63) is 83.9 Å². The Hall–Kier alpha value is -4.31. The Kier molecular flexibility index (Phi) is 13.1. The van der Waals surface area contributed by atoms with Crippen LogP contribution in [0, 0.1) is 0 Å². The second-order valence-corrected chi connectivity index (χ2v) is 11.0. The van der Waals surface area contributed by atoms with Gasteiger partial charge in [-0.05, 0) is 48.6 Å². The van der Waals surface area contributed by atoms with Gasteiger partial charge in [-0.3, -0.25) is 19.2 Å². The maximum Gasteiger partial charge on any atom is 0.320 e. The van der Waals surface area contributed by atoms with Crippen molar-refractivity contribution in [1.82, 2.24) is 10.6 Å². The summed E-state index contributed by atoms with van der Waals surface area (Å²) in [5.74, 6) is 0.104. The first kappa shape index (κ1) is 33.2. The Morgan fingerprint density at radius 1 is 0.930 bits per heavy atom. The van der Waals surface area contributed by atoms with Crippen LogP contribution in [0.2, 0.25) is 0 Å². The predicted molar refractivity (Wildman–Crippen MR) is 167 cm³/mol. The van der Waals surface area contributed by atoms with Crippen LogP contribution in [0.5, 0.6) is 11.5 Å². The highest BCUT2D eigenvalue weighted by molar-refractivity contribution is 8.14. The van der Waals surface area contributed by atoms with Gasteiger partial charge in [0.15, 0.2) is 0 Å². The van der Waals surface area contributed by atoms with Crippen LogP contribution in [0.1, 0.15) is 37.8 Å². The van der Waals surface area contributed by atoms with Crippen LogP contribution in [0.4, 0.5) is 0 Å². The first-order valence-electron chi connectivity index (χ1n) is 14.0. The highest BCUT2D eigenvalue weighted by Gasteiger charge is 2.28. The third-order valence-electron chi connectivity index (χ3n) is 6.50. The van der Waals surface area contributed by atoms with Crippen LogP contribution < -0.4 is 20.1 Å². The Morgan fingerprint density at radius 2 is 1.63 bits per heavy atom. The molecule has 0 saturated carbocycles. The summed E-state index contributed by atoms with van der Waals surface area (Å²) in [6, 6.07) is 22.2. The third kappa shape index (κ3) is 10.8. The van der Waals surface area contributed by atoms with Gasteiger partial charge in [0.05, 0.1) is 19.8 Å². The van der Waals surface area contributed by atoms with Gasteiger partial charge >= 0.3 is 5.97 Å². The number of thioether (sulfide) groups is 1. The molecule has 2 N–H and O–H groups in total. The van der Waals surface area contributed by atoms with Crippen molar-refractivity contribution in [3.63, 3.8) is 0 Å². The molecule has 10 heteroatoms. The Bertz CT molecular complexity index is 1380. The predicted octanol–water partition coefficient (Wildman–Crippen LogP) is 4.71. The number of carbonyl (C=O) groups excluding carboxylic acids is 4. The van der Waals surface area contributed by atoms with Crippen LogP contribution in [-0.2, 0) is 36.9 Å². The summed E-state index contributed by atoms with van der Waals surface area (Å²) in [4.78, 5) is 49.1. The van der Waals surface area contributed by atoms with Crippen LogP contribution in [0.25, 0.3) is 11.1 Å². The number of methoxy groups -OCH3 is 1. The summed E-state index contributed by atoms with van der Waals surface area (Å²) in [5.41, 5.74) is 3.61. The molecule has 0 aliphatic carbocycles. The van der Waals surface area contributed by atoms with Crippen molar-refractivity contribution in [1.29, 1.82) is 0 Å². The van der Waals surface area contributed by atoms with Gasteiger partial charge in [-0.1, -0.05) is 66.4 Å². The molecular weight excluding hydrogens is 568 g/mol. The molecule has 0 aliphatic rings. The lowest BCUT2D eigenvalue weighted by Crippen LogP contribution is -2.37. The number of rotatable bonds is 15. The Labute approximate surface area is 256 Å². The first-order valence-corrected chi connectivity index (χ1v) is 14.9. The van der Waals surface area contributed by atoms with Crippen LogP contribution in [0.3, 0.4) is 0 Å². The molecule has 2 amide bonds. The lowest BCUT2D eigenvalue weighted by atomic mass is 10.0. The lowest BCUT2D eigenvalue weighted by molar-refractivity contribution is -0.144. The number of hydrogen-bond donors (Lipinski definition) is 2. The fourth-order valence-electron chi connectivity index (χ4n) is 4.18. The molecule has 9 nitrogen and oxygen atoms in total. The van der Waals surface area contributed by atoms with Crippen molar-refractivity contribution in [2.45, 2.75) is 51.0 Å². The first-order chi connectivity index (χ1) is 20.7. The van der Waals surface area contributed by atoms with Gasteiger partial charge in [0, 0.05) is 32.0 Å². The van der Waals surface area contributed by atoms with Gasteiger partial charge in [-0.15, -0.1) is 0 Å². The molecule has 0 aliphatic heterocycles. The van der Waals surface area contributed by atoms with E-state index in [4.69, 9.17) is 14.2 Å². The largest absolute Gasteiger partial charge is 0.496 e. The fraction of sp³-hybridized carbons (Fsp3) is 0.333. The summed E-state index contributed by atoms with van der Waals surface area (Å²) in [6.07, 6.45) is 1.19. The molecule has 0 heterocycles. The van der Waals surface area contributed by atoms with Crippen molar-refractivity contribution in [3.8, 4) is 22.6 Å². The van der Waals surface area contributed by atoms with E-state index in [9.17, 15) is 19.2 Å². The molecule has 0 spiro atoms. The van der Waals surface area contributed by atoms with Crippen molar-refractivity contribution in [2.24, 2.45) is 0 Å². The number of esters is 1. The summed E-state index contributed by atoms with van der Waals surface area (Å²) in [7, 11) is 3.10. The zero-order valence-electron chi connectivity index (χ0n) is 24.9. The zero-order valence-corrected chi connectivity index (χ0v) is 25.7. The van der Waals surface area contributed by atoms with Gasteiger partial charge in [0.2, 0.25) is 16.9 Å². The van der Waals surface area contributed by atoms with E-state index in [2.05, 4.69) is 10.6 Å². The topological polar surface area (TPSA) is 120 Å². The van der Waals surface area contributed by atoms with Gasteiger partial charge in [-0.2, -0.15) is 0 Å². The molecule has 0 fully saturated rings. The smallest absolute Gasteiger partial charge is 0.320 e. The zero-order chi connectivity index (χ0) is 31.2. The minimum Gasteiger partial charge on any atom is -0.496 e. The monoisotopic (exact) mass is 606 g/mol. The molecule has 3 aromatic rings. The Balaban J connectivity index is 1.68. The number of benzene rings is 3. The summed E-state index contributed by atoms with van der Waals surface area (Å²) in [6.45, 7) is 3.21. The summed E-state index contributed by atoms with van der Waals surface area (Å²) in [5, 5.41) is 3.97. The standard InChI is InChI=1S/C33H38N2O7S/c1-22(35-23(2)36)33(39)43-30(19-24-12-14-26(15-13-24)25-9-6-5-7-10-25)32(38)42-21-27-16-17-28(20-29(27)40-4)41-18-8-11-31(37)34-3/h5-7,9-10,12-17,20,22,30H,8,11,18-19,21H2,1-4H3,(H,34,37)(H,35,36). The number of carbonyl (C=O) groups is 4. The molecule has 228 valence electrons. The van der Waals surface area contributed by atoms with E-state index in [1.807, 2.05) is 54.6 Å². The number of ether oxygens (including phenoxy) is 3. The van der Waals surface area contributed by atoms with Gasteiger partial charge in [0.25, 0.3) is 0 Å². The maximum atomic E-state index is 13.3. The highest BCUT2D eigenvalue weighted by Crippen LogP contribution is 2.28.